The van der Waals surface area contributed by atoms with Crippen LogP contribution in [0.25, 0.3) is 11.2 Å². The zero-order valence-electron chi connectivity index (χ0n) is 19.0. The third-order valence-electron chi connectivity index (χ3n) is 4.90. The van der Waals surface area contributed by atoms with Gasteiger partial charge in [-0.15, -0.1) is 11.8 Å². The van der Waals surface area contributed by atoms with E-state index in [0.717, 1.165) is 5.82 Å². The van der Waals surface area contributed by atoms with E-state index in [0.29, 0.717) is 29.9 Å². The van der Waals surface area contributed by atoms with E-state index in [2.05, 4.69) is 25.3 Å². The number of alkyl carbamates (subject to hydrolysis) is 1. The molecular formula is C19H29N9O5S. The molecule has 34 heavy (non-hydrogen) atoms. The summed E-state index contributed by atoms with van der Waals surface area (Å²) < 4.78 is 13.0. The van der Waals surface area contributed by atoms with E-state index in [4.69, 9.17) is 20.9 Å². The Balaban J connectivity index is 1.45. The molecule has 6 N–H and O–H groups in total. The number of nitrogens with one attached hydrogen (secondary N) is 1. The lowest BCUT2D eigenvalue weighted by Crippen LogP contribution is -2.42. The second-order valence-electron chi connectivity index (χ2n) is 7.76. The summed E-state index contributed by atoms with van der Waals surface area (Å²) in [4.78, 5) is 42.1. The van der Waals surface area contributed by atoms with Crippen LogP contribution < -0.4 is 21.7 Å². The van der Waals surface area contributed by atoms with Crippen LogP contribution in [0.3, 0.4) is 0 Å². The van der Waals surface area contributed by atoms with Crippen molar-refractivity contribution in [3.63, 3.8) is 0 Å². The number of aliphatic carboxylic acids is 1. The number of aromatic nitrogens is 4. The summed E-state index contributed by atoms with van der Waals surface area (Å²) in [5.74, 6) is 0.128. The maximum Gasteiger partial charge on any atom is 0.407 e. The SMILES string of the molecule is CN(C)c1ncnc2c1ncn2CC1OC(COC(=O)N[C@H](CCCN=C(N)N)C(=O)O)CS1. The van der Waals surface area contributed by atoms with Gasteiger partial charge in [0.25, 0.3) is 0 Å². The number of carboxylic acid groups (broad SMARTS) is 1. The molecule has 3 rings (SSSR count). The van der Waals surface area contributed by atoms with Gasteiger partial charge in [0.15, 0.2) is 22.9 Å². The molecule has 2 aromatic rings. The first-order chi connectivity index (χ1) is 16.2. The summed E-state index contributed by atoms with van der Waals surface area (Å²) in [6.45, 7) is 0.796. The zero-order valence-corrected chi connectivity index (χ0v) is 19.8. The van der Waals surface area contributed by atoms with E-state index in [-0.39, 0.29) is 37.1 Å². The van der Waals surface area contributed by atoms with E-state index in [1.54, 1.807) is 18.1 Å². The molecule has 2 aromatic heterocycles. The van der Waals surface area contributed by atoms with Gasteiger partial charge in [-0.2, -0.15) is 0 Å². The maximum absolute atomic E-state index is 12.1. The van der Waals surface area contributed by atoms with Gasteiger partial charge in [0.05, 0.1) is 12.9 Å². The standard InChI is InChI=1S/C19H29N9O5S/c1-27(2)15-14-16(24-9-23-15)28(10-25-14)6-13-33-11(8-34-13)7-32-19(31)26-12(17(29)30)4-3-5-22-18(20)21/h9-13H,3-8H2,1-2H3,(H,26,31)(H,29,30)(H4,20,21,22)/t11?,12-,13?/m1/s1. The van der Waals surface area contributed by atoms with Crippen LogP contribution >= 0.6 is 11.8 Å². The number of carboxylic acids is 1. The fourth-order valence-corrected chi connectivity index (χ4v) is 4.40. The second kappa shape index (κ2) is 11.7. The topological polar surface area (TPSA) is 196 Å². The van der Waals surface area contributed by atoms with Crippen molar-refractivity contribution in [2.24, 2.45) is 16.5 Å². The molecule has 1 aliphatic rings. The molecule has 3 atom stereocenters. The van der Waals surface area contributed by atoms with Crippen molar-refractivity contribution in [3.05, 3.63) is 12.7 Å². The Hall–Kier alpha value is -3.33. The minimum absolute atomic E-state index is 0.00724. The lowest BCUT2D eigenvalue weighted by Gasteiger charge is -2.16. The molecule has 0 aliphatic carbocycles. The number of nitrogens with two attached hydrogens (primary N) is 2. The molecule has 0 radical (unpaired) electrons. The van der Waals surface area contributed by atoms with Gasteiger partial charge >= 0.3 is 12.1 Å². The highest BCUT2D eigenvalue weighted by atomic mass is 32.2. The molecule has 0 bridgehead atoms. The first kappa shape index (κ1) is 25.3. The quantitative estimate of drug-likeness (QED) is 0.179. The lowest BCUT2D eigenvalue weighted by atomic mass is 10.1. The molecule has 3 heterocycles. The molecule has 0 saturated carbocycles. The van der Waals surface area contributed by atoms with Crippen LogP contribution in [0.2, 0.25) is 0 Å². The Kier molecular flexibility index (Phi) is 8.70. The van der Waals surface area contributed by atoms with Crippen molar-refractivity contribution in [2.75, 3.05) is 37.9 Å². The van der Waals surface area contributed by atoms with Gasteiger partial charge in [-0.1, -0.05) is 0 Å². The van der Waals surface area contributed by atoms with Gasteiger partial charge in [0.2, 0.25) is 0 Å². The van der Waals surface area contributed by atoms with Gasteiger partial charge in [-0.05, 0) is 12.8 Å². The van der Waals surface area contributed by atoms with Gasteiger partial charge in [-0.25, -0.2) is 24.5 Å². The number of imidazole rings is 1. The molecule has 2 unspecified atom stereocenters. The Labute approximate surface area is 200 Å². The summed E-state index contributed by atoms with van der Waals surface area (Å²) >= 11 is 1.59. The fraction of sp³-hybridized carbons (Fsp3) is 0.579. The van der Waals surface area contributed by atoms with Crippen LogP contribution in [0, 0.1) is 0 Å². The van der Waals surface area contributed by atoms with Crippen LogP contribution in [0.4, 0.5) is 10.6 Å². The summed E-state index contributed by atoms with van der Waals surface area (Å²) in [6.07, 6.45) is 2.62. The van der Waals surface area contributed by atoms with E-state index >= 15 is 0 Å². The van der Waals surface area contributed by atoms with Gasteiger partial charge in [-0.3, -0.25) is 4.99 Å². The van der Waals surface area contributed by atoms with Crippen molar-refractivity contribution in [1.82, 2.24) is 24.8 Å². The molecule has 186 valence electrons. The number of rotatable bonds is 11. The van der Waals surface area contributed by atoms with E-state index < -0.39 is 18.1 Å². The van der Waals surface area contributed by atoms with Crippen molar-refractivity contribution in [3.8, 4) is 0 Å². The number of ether oxygens (including phenoxy) is 2. The molecule has 0 aromatic carbocycles. The smallest absolute Gasteiger partial charge is 0.407 e. The number of amides is 1. The van der Waals surface area contributed by atoms with Crippen molar-refractivity contribution in [2.45, 2.75) is 37.0 Å². The first-order valence-corrected chi connectivity index (χ1v) is 11.6. The number of anilines is 1. The normalized spacial score (nSPS) is 18.4. The minimum atomic E-state index is -1.16. The fourth-order valence-electron chi connectivity index (χ4n) is 3.29. The van der Waals surface area contributed by atoms with Crippen LogP contribution in [0.15, 0.2) is 17.6 Å². The highest BCUT2D eigenvalue weighted by Gasteiger charge is 2.29. The molecular weight excluding hydrogens is 466 g/mol. The number of aliphatic imine (C=N–C) groups is 1. The van der Waals surface area contributed by atoms with Gasteiger partial charge in [0, 0.05) is 26.4 Å². The monoisotopic (exact) mass is 495 g/mol. The zero-order chi connectivity index (χ0) is 24.7. The van der Waals surface area contributed by atoms with Gasteiger partial charge < -0.3 is 40.8 Å². The van der Waals surface area contributed by atoms with Crippen LogP contribution in [0.5, 0.6) is 0 Å². The third kappa shape index (κ3) is 6.84. The molecule has 15 heteroatoms. The Morgan fingerprint density at radius 3 is 2.91 bits per heavy atom. The average Bonchev–Trinajstić information content (AvgIpc) is 3.41. The van der Waals surface area contributed by atoms with Crippen LogP contribution in [0.1, 0.15) is 12.8 Å². The van der Waals surface area contributed by atoms with Gasteiger partial charge in [0.1, 0.15) is 30.5 Å². The lowest BCUT2D eigenvalue weighted by molar-refractivity contribution is -0.139. The van der Waals surface area contributed by atoms with Crippen LogP contribution in [-0.4, -0.2) is 93.2 Å². The maximum atomic E-state index is 12.1. The molecule has 14 nitrogen and oxygen atoms in total. The number of fused-ring (bicyclic) bond motifs is 1. The minimum Gasteiger partial charge on any atom is -0.480 e. The Morgan fingerprint density at radius 1 is 1.41 bits per heavy atom. The Bertz CT molecular complexity index is 1030. The second-order valence-corrected chi connectivity index (χ2v) is 8.96. The largest absolute Gasteiger partial charge is 0.480 e. The first-order valence-electron chi connectivity index (χ1n) is 10.6. The molecule has 1 amide bonds. The van der Waals surface area contributed by atoms with Crippen molar-refractivity contribution in [1.29, 1.82) is 0 Å². The predicted molar refractivity (Wildman–Crippen MR) is 127 cm³/mol. The average molecular weight is 496 g/mol. The number of hydrogen-bond donors (Lipinski definition) is 4. The number of nitrogens with zero attached hydrogens (tertiary/aromatic N) is 6. The summed E-state index contributed by atoms with van der Waals surface area (Å²) in [6, 6.07) is -1.10. The molecule has 1 aliphatic heterocycles. The van der Waals surface area contributed by atoms with Crippen molar-refractivity contribution < 1.29 is 24.2 Å². The van der Waals surface area contributed by atoms with Crippen molar-refractivity contribution >= 4 is 46.8 Å². The molecule has 1 fully saturated rings. The van der Waals surface area contributed by atoms with Crippen LogP contribution in [-0.2, 0) is 20.8 Å². The highest BCUT2D eigenvalue weighted by molar-refractivity contribution is 8.00. The van der Waals surface area contributed by atoms with E-state index in [9.17, 15) is 14.7 Å². The number of carbonyl (C=O) groups is 2. The molecule has 0 spiro atoms. The molecule has 1 saturated heterocycles. The number of guanidine groups is 1. The number of carbonyl (C=O) groups excluding carboxylic acids is 1. The predicted octanol–water partition coefficient (Wildman–Crippen LogP) is -0.417. The number of thioether (sulfide) groups is 1. The Morgan fingerprint density at radius 2 is 2.21 bits per heavy atom. The van der Waals surface area contributed by atoms with E-state index in [1.807, 2.05) is 23.6 Å². The summed E-state index contributed by atoms with van der Waals surface area (Å²) in [5.41, 5.74) is 11.7. The third-order valence-corrected chi connectivity index (χ3v) is 6.10. The highest BCUT2D eigenvalue weighted by Crippen LogP contribution is 2.28. The van der Waals surface area contributed by atoms with E-state index in [1.165, 1.54) is 6.33 Å². The number of hydrogen-bond acceptors (Lipinski definition) is 10. The summed E-state index contributed by atoms with van der Waals surface area (Å²) in [5, 5.41) is 11.6. The summed E-state index contributed by atoms with van der Waals surface area (Å²) in [7, 11) is 3.78.